The van der Waals surface area contributed by atoms with Crippen LogP contribution in [0.15, 0.2) is 139 Å². The van der Waals surface area contributed by atoms with Gasteiger partial charge in [-0.15, -0.1) is 0 Å². The van der Waals surface area contributed by atoms with E-state index >= 15 is 0 Å². The van der Waals surface area contributed by atoms with E-state index in [1.54, 1.807) is 78.9 Å². The van der Waals surface area contributed by atoms with E-state index in [0.717, 1.165) is 43.9 Å². The molecule has 15 heteroatoms. The molecule has 0 aromatic heterocycles. The van der Waals surface area contributed by atoms with Gasteiger partial charge in [-0.2, -0.15) is 15.1 Å². The highest BCUT2D eigenvalue weighted by Gasteiger charge is 2.17. The van der Waals surface area contributed by atoms with Crippen molar-refractivity contribution in [3.8, 4) is 23.0 Å². The molecular formula is C46H44N2O13. The lowest BCUT2D eigenvalue weighted by Crippen LogP contribution is -2.14. The number of hydrogen-bond acceptors (Lipinski definition) is 15. The van der Waals surface area contributed by atoms with Crippen LogP contribution in [0.3, 0.4) is 0 Å². The van der Waals surface area contributed by atoms with Gasteiger partial charge in [-0.25, -0.2) is 24.0 Å². The second kappa shape index (κ2) is 25.7. The average molecular weight is 833 g/mol. The molecule has 4 aromatic carbocycles. The van der Waals surface area contributed by atoms with Crippen molar-refractivity contribution >= 4 is 42.3 Å². The molecule has 0 fully saturated rings. The van der Waals surface area contributed by atoms with Crippen LogP contribution in [0.2, 0.25) is 0 Å². The minimum atomic E-state index is -0.784. The minimum absolute atomic E-state index is 0.00517. The molecule has 0 amide bonds. The quantitative estimate of drug-likeness (QED) is 0.00935. The summed E-state index contributed by atoms with van der Waals surface area (Å²) in [5, 5.41) is 8.14. The Morgan fingerprint density at radius 1 is 0.525 bits per heavy atom. The molecule has 4 aromatic rings. The fourth-order valence-electron chi connectivity index (χ4n) is 4.90. The van der Waals surface area contributed by atoms with Crippen LogP contribution < -0.4 is 19.1 Å². The molecule has 61 heavy (non-hydrogen) atoms. The SMILES string of the molecule is C=CC(=O)OCCCCCCOc1ccc(C(=O)Oc2ccc(C=NN=Cc3ccc(OOCc4ccc(OC(=O)C=C)cc4)c(C(=O)OCCOC(=O)C=C)c3)cc2)cc1. The maximum Gasteiger partial charge on any atom is 0.343 e. The minimum Gasteiger partial charge on any atom is -0.494 e. The summed E-state index contributed by atoms with van der Waals surface area (Å²) in [4.78, 5) is 70.4. The third kappa shape index (κ3) is 17.0. The predicted octanol–water partition coefficient (Wildman–Crippen LogP) is 7.52. The Hall–Kier alpha value is -7.65. The number of rotatable bonds is 25. The lowest BCUT2D eigenvalue weighted by atomic mass is 10.1. The van der Waals surface area contributed by atoms with Crippen LogP contribution in [0, 0.1) is 0 Å². The van der Waals surface area contributed by atoms with Crippen LogP contribution in [0.4, 0.5) is 0 Å². The van der Waals surface area contributed by atoms with Crippen molar-refractivity contribution in [1.29, 1.82) is 0 Å². The van der Waals surface area contributed by atoms with Gasteiger partial charge in [-0.05, 0) is 121 Å². The number of hydrogen-bond donors (Lipinski definition) is 0. The Morgan fingerprint density at radius 3 is 1.75 bits per heavy atom. The zero-order chi connectivity index (χ0) is 43.7. The zero-order valence-corrected chi connectivity index (χ0v) is 33.2. The van der Waals surface area contributed by atoms with Gasteiger partial charge in [0.05, 0.1) is 31.2 Å². The molecule has 0 radical (unpaired) electrons. The van der Waals surface area contributed by atoms with E-state index in [4.69, 9.17) is 38.2 Å². The molecule has 316 valence electrons. The first-order valence-electron chi connectivity index (χ1n) is 18.9. The monoisotopic (exact) mass is 832 g/mol. The first-order valence-corrected chi connectivity index (χ1v) is 18.9. The van der Waals surface area contributed by atoms with Crippen molar-refractivity contribution in [1.82, 2.24) is 0 Å². The summed E-state index contributed by atoms with van der Waals surface area (Å²) in [7, 11) is 0. The predicted molar refractivity (Wildman–Crippen MR) is 224 cm³/mol. The number of benzene rings is 4. The number of esters is 5. The van der Waals surface area contributed by atoms with Crippen molar-refractivity contribution in [2.75, 3.05) is 26.4 Å². The van der Waals surface area contributed by atoms with E-state index < -0.39 is 29.8 Å². The third-order valence-electron chi connectivity index (χ3n) is 8.01. The molecule has 0 bridgehead atoms. The molecule has 0 saturated heterocycles. The average Bonchev–Trinajstić information content (AvgIpc) is 3.28. The number of carbonyl (C=O) groups is 5. The Bertz CT molecular complexity index is 2180. The molecule has 0 unspecified atom stereocenters. The molecule has 0 heterocycles. The maximum atomic E-state index is 13.0. The molecule has 0 atom stereocenters. The second-order valence-electron chi connectivity index (χ2n) is 12.5. The van der Waals surface area contributed by atoms with Gasteiger partial charge in [0, 0.05) is 18.2 Å². The third-order valence-corrected chi connectivity index (χ3v) is 8.01. The zero-order valence-electron chi connectivity index (χ0n) is 33.2. The van der Waals surface area contributed by atoms with E-state index in [2.05, 4.69) is 29.9 Å². The molecule has 0 aliphatic heterocycles. The van der Waals surface area contributed by atoms with E-state index in [9.17, 15) is 24.0 Å². The van der Waals surface area contributed by atoms with Crippen molar-refractivity contribution in [2.24, 2.45) is 10.2 Å². The highest BCUT2D eigenvalue weighted by Crippen LogP contribution is 2.23. The van der Waals surface area contributed by atoms with Gasteiger partial charge < -0.3 is 33.3 Å². The van der Waals surface area contributed by atoms with E-state index in [1.165, 1.54) is 24.6 Å². The normalized spacial score (nSPS) is 10.7. The van der Waals surface area contributed by atoms with E-state index in [0.29, 0.717) is 52.7 Å². The molecular weight excluding hydrogens is 789 g/mol. The number of carbonyl (C=O) groups excluding carboxylic acids is 5. The van der Waals surface area contributed by atoms with E-state index in [1.807, 2.05) is 0 Å². The largest absolute Gasteiger partial charge is 0.494 e. The molecule has 15 nitrogen and oxygen atoms in total. The van der Waals surface area contributed by atoms with E-state index in [-0.39, 0.29) is 31.1 Å². The fraction of sp³-hybridized carbons (Fsp3) is 0.196. The van der Waals surface area contributed by atoms with Crippen LogP contribution in [-0.2, 0) is 40.1 Å². The van der Waals surface area contributed by atoms with Crippen LogP contribution >= 0.6 is 0 Å². The number of nitrogens with zero attached hydrogens (tertiary/aromatic N) is 2. The molecule has 4 rings (SSSR count). The molecule has 0 spiro atoms. The topological polar surface area (TPSA) is 184 Å². The van der Waals surface area contributed by atoms with Crippen molar-refractivity contribution in [3.63, 3.8) is 0 Å². The summed E-state index contributed by atoms with van der Waals surface area (Å²) in [6.45, 7) is 10.5. The van der Waals surface area contributed by atoms with Crippen molar-refractivity contribution in [3.05, 3.63) is 157 Å². The summed E-state index contributed by atoms with van der Waals surface area (Å²) < 4.78 is 31.4. The Kier molecular flexibility index (Phi) is 19.4. The summed E-state index contributed by atoms with van der Waals surface area (Å²) in [5.74, 6) is -1.65. The summed E-state index contributed by atoms with van der Waals surface area (Å²) in [6.07, 6.45) is 9.54. The van der Waals surface area contributed by atoms with Crippen LogP contribution in [0.25, 0.3) is 0 Å². The van der Waals surface area contributed by atoms with Crippen LogP contribution in [-0.4, -0.2) is 68.7 Å². The standard InChI is InChI=1S/C46H44N2O13/c1-4-42(49)55-26-10-8-7-9-25-54-37-22-16-36(17-23-37)45(52)60-39-18-11-33(12-19-39)30-47-48-31-35-15-24-41(40(29-35)46(53)57-28-27-56-43(50)5-2)61-58-32-34-13-20-38(21-14-34)59-44(51)6-3/h4-6,11-24,29-31H,1-3,7-10,25-28,32H2. The second-order valence-corrected chi connectivity index (χ2v) is 12.5. The lowest BCUT2D eigenvalue weighted by Gasteiger charge is -2.11. The fourth-order valence-corrected chi connectivity index (χ4v) is 4.90. The molecule has 0 aliphatic rings. The van der Waals surface area contributed by atoms with Crippen molar-refractivity contribution in [2.45, 2.75) is 32.3 Å². The molecule has 0 saturated carbocycles. The maximum absolute atomic E-state index is 13.0. The Balaban J connectivity index is 1.27. The highest BCUT2D eigenvalue weighted by atomic mass is 17.2. The number of unbranched alkanes of at least 4 members (excludes halogenated alkanes) is 3. The summed E-state index contributed by atoms with van der Waals surface area (Å²) in [5.41, 5.74) is 2.17. The van der Waals surface area contributed by atoms with Gasteiger partial charge in [-0.1, -0.05) is 31.9 Å². The van der Waals surface area contributed by atoms with Gasteiger partial charge in [0.1, 0.15) is 42.6 Å². The summed E-state index contributed by atoms with van der Waals surface area (Å²) in [6, 6.07) is 24.4. The Labute approximate surface area is 352 Å². The lowest BCUT2D eigenvalue weighted by molar-refractivity contribution is -0.217. The number of ether oxygens (including phenoxy) is 6. The Morgan fingerprint density at radius 2 is 1.08 bits per heavy atom. The van der Waals surface area contributed by atoms with Gasteiger partial charge in [0.2, 0.25) is 0 Å². The first kappa shape index (κ1) is 46.0. The van der Waals surface area contributed by atoms with Gasteiger partial charge in [-0.3, -0.25) is 0 Å². The van der Waals surface area contributed by atoms with Crippen molar-refractivity contribution < 1.29 is 62.2 Å². The summed E-state index contributed by atoms with van der Waals surface area (Å²) >= 11 is 0. The first-order chi connectivity index (χ1) is 29.7. The highest BCUT2D eigenvalue weighted by molar-refractivity contribution is 5.95. The molecule has 0 N–H and O–H groups in total. The smallest absolute Gasteiger partial charge is 0.343 e. The van der Waals surface area contributed by atoms with Gasteiger partial charge >= 0.3 is 29.8 Å². The van der Waals surface area contributed by atoms with Gasteiger partial charge in [0.25, 0.3) is 0 Å². The molecule has 0 aliphatic carbocycles. The van der Waals surface area contributed by atoms with Crippen LogP contribution in [0.1, 0.15) is 63.1 Å². The van der Waals surface area contributed by atoms with Gasteiger partial charge in [0.15, 0.2) is 5.75 Å². The van der Waals surface area contributed by atoms with Crippen LogP contribution in [0.5, 0.6) is 23.0 Å².